The normalized spacial score (nSPS) is 11.9. The Labute approximate surface area is 105 Å². The first-order valence-electron chi connectivity index (χ1n) is 5.46. The molecule has 2 N–H and O–H groups in total. The number of nitrogens with two attached hydrogens (primary N) is 1. The minimum Gasteiger partial charge on any atom is -0.467 e. The van der Waals surface area contributed by atoms with Gasteiger partial charge in [-0.2, -0.15) is 9.97 Å². The number of hydrogen-bond donors (Lipinski definition) is 1. The molecule has 1 aromatic heterocycles. The zero-order valence-electron chi connectivity index (χ0n) is 10.2. The summed E-state index contributed by atoms with van der Waals surface area (Å²) in [4.78, 5) is 11.7. The fourth-order valence-corrected chi connectivity index (χ4v) is 1.45. The van der Waals surface area contributed by atoms with Crippen molar-refractivity contribution in [3.8, 4) is 12.0 Å². The number of rotatable bonds is 4. The lowest BCUT2D eigenvalue weighted by molar-refractivity contribution is 0.203. The van der Waals surface area contributed by atoms with Crippen molar-refractivity contribution < 1.29 is 9.47 Å². The molecular weight excluding hydrogens is 232 g/mol. The van der Waals surface area contributed by atoms with Gasteiger partial charge in [0, 0.05) is 0 Å². The first-order valence-corrected chi connectivity index (χ1v) is 5.46. The van der Waals surface area contributed by atoms with Crippen LogP contribution >= 0.6 is 0 Å². The fraction of sp³-hybridized carbons (Fsp3) is 0.250. The molecule has 0 aliphatic carbocycles. The average Bonchev–Trinajstić information content (AvgIpc) is 2.39. The zero-order chi connectivity index (χ0) is 13.0. The van der Waals surface area contributed by atoms with Crippen molar-refractivity contribution in [2.45, 2.75) is 13.0 Å². The molecule has 0 radical (unpaired) electrons. The third-order valence-electron chi connectivity index (χ3n) is 2.35. The minimum absolute atomic E-state index is 0.0668. The van der Waals surface area contributed by atoms with E-state index in [1.807, 2.05) is 37.3 Å². The van der Waals surface area contributed by atoms with Crippen LogP contribution in [0.4, 0.5) is 5.95 Å². The van der Waals surface area contributed by atoms with Gasteiger partial charge >= 0.3 is 12.0 Å². The largest absolute Gasteiger partial charge is 0.467 e. The summed E-state index contributed by atoms with van der Waals surface area (Å²) in [5.74, 6) is 0.0668. The predicted molar refractivity (Wildman–Crippen MR) is 66.3 cm³/mol. The van der Waals surface area contributed by atoms with Crippen LogP contribution in [0, 0.1) is 0 Å². The Hall–Kier alpha value is -2.37. The maximum atomic E-state index is 5.60. The quantitative estimate of drug-likeness (QED) is 0.882. The summed E-state index contributed by atoms with van der Waals surface area (Å²) in [7, 11) is 1.46. The Morgan fingerprint density at radius 3 is 2.39 bits per heavy atom. The molecule has 1 atom stereocenters. The maximum absolute atomic E-state index is 5.60. The van der Waals surface area contributed by atoms with Crippen molar-refractivity contribution in [1.82, 2.24) is 15.0 Å². The molecule has 0 spiro atoms. The summed E-state index contributed by atoms with van der Waals surface area (Å²) in [5, 5.41) is 0. The average molecular weight is 246 g/mol. The third-order valence-corrected chi connectivity index (χ3v) is 2.35. The highest BCUT2D eigenvalue weighted by atomic mass is 16.5. The Balaban J connectivity index is 2.16. The molecule has 1 aromatic carbocycles. The van der Waals surface area contributed by atoms with Crippen LogP contribution in [0.3, 0.4) is 0 Å². The number of benzene rings is 1. The van der Waals surface area contributed by atoms with Gasteiger partial charge in [0.15, 0.2) is 0 Å². The van der Waals surface area contributed by atoms with Gasteiger partial charge < -0.3 is 15.2 Å². The predicted octanol–water partition coefficient (Wildman–Crippen LogP) is 1.60. The van der Waals surface area contributed by atoms with Crippen molar-refractivity contribution in [1.29, 1.82) is 0 Å². The van der Waals surface area contributed by atoms with E-state index in [0.717, 1.165) is 5.56 Å². The standard InChI is InChI=1S/C12H14N4O2/c1-8(9-6-4-3-5-7-9)18-12-15-10(13)14-11(16-12)17-2/h3-8H,1-2H3,(H2,13,14,15,16). The highest BCUT2D eigenvalue weighted by Crippen LogP contribution is 2.19. The van der Waals surface area contributed by atoms with Gasteiger partial charge in [0.2, 0.25) is 5.95 Å². The molecule has 1 heterocycles. The van der Waals surface area contributed by atoms with Crippen LogP contribution in [-0.2, 0) is 0 Å². The molecule has 94 valence electrons. The molecule has 0 amide bonds. The first-order chi connectivity index (χ1) is 8.69. The monoisotopic (exact) mass is 246 g/mol. The first kappa shape index (κ1) is 12.1. The number of ether oxygens (including phenoxy) is 2. The van der Waals surface area contributed by atoms with Crippen molar-refractivity contribution in [3.05, 3.63) is 35.9 Å². The highest BCUT2D eigenvalue weighted by Gasteiger charge is 2.11. The van der Waals surface area contributed by atoms with Crippen molar-refractivity contribution in [3.63, 3.8) is 0 Å². The van der Waals surface area contributed by atoms with E-state index in [0.29, 0.717) is 0 Å². The molecule has 0 bridgehead atoms. The van der Waals surface area contributed by atoms with Crippen LogP contribution in [-0.4, -0.2) is 22.1 Å². The maximum Gasteiger partial charge on any atom is 0.325 e. The van der Waals surface area contributed by atoms with Gasteiger partial charge in [0.05, 0.1) is 7.11 Å². The molecule has 0 aliphatic rings. The second kappa shape index (κ2) is 5.31. The van der Waals surface area contributed by atoms with Crippen LogP contribution in [0.25, 0.3) is 0 Å². The molecular formula is C12H14N4O2. The number of methoxy groups -OCH3 is 1. The SMILES string of the molecule is COc1nc(N)nc(OC(C)c2ccccc2)n1. The van der Waals surface area contributed by atoms with E-state index in [4.69, 9.17) is 15.2 Å². The molecule has 0 saturated heterocycles. The number of aromatic nitrogens is 3. The molecule has 6 nitrogen and oxygen atoms in total. The van der Waals surface area contributed by atoms with Crippen molar-refractivity contribution in [2.24, 2.45) is 0 Å². The Kier molecular flexibility index (Phi) is 3.57. The van der Waals surface area contributed by atoms with Crippen LogP contribution in [0.1, 0.15) is 18.6 Å². The zero-order valence-corrected chi connectivity index (χ0v) is 10.2. The molecule has 2 rings (SSSR count). The van der Waals surface area contributed by atoms with Crippen LogP contribution in [0.15, 0.2) is 30.3 Å². The molecule has 0 fully saturated rings. The van der Waals surface area contributed by atoms with E-state index >= 15 is 0 Å². The van der Waals surface area contributed by atoms with E-state index < -0.39 is 0 Å². The smallest absolute Gasteiger partial charge is 0.325 e. The molecule has 18 heavy (non-hydrogen) atoms. The van der Waals surface area contributed by atoms with Crippen molar-refractivity contribution >= 4 is 5.95 Å². The summed E-state index contributed by atoms with van der Waals surface area (Å²) in [5.41, 5.74) is 6.55. The number of nitrogen functional groups attached to an aromatic ring is 1. The Bertz CT molecular complexity index is 519. The van der Waals surface area contributed by atoms with Gasteiger partial charge in [-0.25, -0.2) is 0 Å². The van der Waals surface area contributed by atoms with E-state index in [1.165, 1.54) is 7.11 Å². The lowest BCUT2D eigenvalue weighted by Gasteiger charge is -2.13. The van der Waals surface area contributed by atoms with Crippen LogP contribution in [0.2, 0.25) is 0 Å². The summed E-state index contributed by atoms with van der Waals surface area (Å²) in [6, 6.07) is 10.0. The second-order valence-electron chi connectivity index (χ2n) is 3.63. The Morgan fingerprint density at radius 1 is 1.06 bits per heavy atom. The van der Waals surface area contributed by atoms with Gasteiger partial charge in [-0.1, -0.05) is 30.3 Å². The van der Waals surface area contributed by atoms with Crippen LogP contribution in [0.5, 0.6) is 12.0 Å². The number of nitrogens with zero attached hydrogens (tertiary/aromatic N) is 3. The van der Waals surface area contributed by atoms with E-state index in [9.17, 15) is 0 Å². The number of hydrogen-bond acceptors (Lipinski definition) is 6. The van der Waals surface area contributed by atoms with E-state index in [2.05, 4.69) is 15.0 Å². The summed E-state index contributed by atoms with van der Waals surface area (Å²) < 4.78 is 10.5. The molecule has 2 aromatic rings. The minimum atomic E-state index is -0.183. The van der Waals surface area contributed by atoms with Gasteiger partial charge in [-0.3, -0.25) is 0 Å². The third kappa shape index (κ3) is 2.85. The molecule has 6 heteroatoms. The molecule has 0 aliphatic heterocycles. The Morgan fingerprint density at radius 2 is 1.72 bits per heavy atom. The van der Waals surface area contributed by atoms with Gasteiger partial charge in [0.25, 0.3) is 0 Å². The van der Waals surface area contributed by atoms with E-state index in [1.54, 1.807) is 0 Å². The van der Waals surface area contributed by atoms with Crippen LogP contribution < -0.4 is 15.2 Å². The lowest BCUT2D eigenvalue weighted by Crippen LogP contribution is -2.08. The summed E-state index contributed by atoms with van der Waals surface area (Å²) in [6.45, 7) is 1.90. The van der Waals surface area contributed by atoms with Crippen molar-refractivity contribution in [2.75, 3.05) is 12.8 Å². The van der Waals surface area contributed by atoms with Gasteiger partial charge in [-0.05, 0) is 12.5 Å². The number of anilines is 1. The fourth-order valence-electron chi connectivity index (χ4n) is 1.45. The summed E-state index contributed by atoms with van der Waals surface area (Å²) in [6.07, 6.45) is -0.183. The van der Waals surface area contributed by atoms with E-state index in [-0.39, 0.29) is 24.1 Å². The topological polar surface area (TPSA) is 83.2 Å². The van der Waals surface area contributed by atoms with Gasteiger partial charge in [-0.15, -0.1) is 4.98 Å². The summed E-state index contributed by atoms with van der Waals surface area (Å²) >= 11 is 0. The second-order valence-corrected chi connectivity index (χ2v) is 3.63. The molecule has 1 unspecified atom stereocenters. The molecule has 0 saturated carbocycles. The highest BCUT2D eigenvalue weighted by molar-refractivity contribution is 5.22. The lowest BCUT2D eigenvalue weighted by atomic mass is 10.1. The van der Waals surface area contributed by atoms with Gasteiger partial charge in [0.1, 0.15) is 6.10 Å².